The topological polar surface area (TPSA) is 61.4 Å². The highest BCUT2D eigenvalue weighted by molar-refractivity contribution is 7.74. The maximum Gasteiger partial charge on any atom is 0.229 e. The first-order valence-electron chi connectivity index (χ1n) is 8.43. The fourth-order valence-electron chi connectivity index (χ4n) is 2.46. The molecular formula is C19H24FN3O2S. The molecule has 0 atom stereocenters. The van der Waals surface area contributed by atoms with Crippen molar-refractivity contribution in [2.75, 3.05) is 29.3 Å². The second kappa shape index (κ2) is 9.94. The molecule has 0 bridgehead atoms. The summed E-state index contributed by atoms with van der Waals surface area (Å²) in [5.41, 5.74) is 1.72. The number of nitrogens with one attached hydrogen (secondary N) is 2. The molecule has 140 valence electrons. The van der Waals surface area contributed by atoms with E-state index in [-0.39, 0.29) is 5.69 Å². The summed E-state index contributed by atoms with van der Waals surface area (Å²) in [7, 11) is -3.06. The van der Waals surface area contributed by atoms with Crippen molar-refractivity contribution < 1.29 is 12.8 Å². The first kappa shape index (κ1) is 19.9. The maximum atomic E-state index is 14.4. The monoisotopic (exact) mass is 377 g/mol. The molecule has 0 radical (unpaired) electrons. The van der Waals surface area contributed by atoms with Gasteiger partial charge in [0.1, 0.15) is 5.82 Å². The Hall–Kier alpha value is -2.38. The number of likely N-dealkylation sites (N-methyl/N-ethyl adjacent to an activating group) is 1. The van der Waals surface area contributed by atoms with E-state index < -0.39 is 16.7 Å². The van der Waals surface area contributed by atoms with Crippen molar-refractivity contribution >= 4 is 28.0 Å². The van der Waals surface area contributed by atoms with Crippen LogP contribution in [0.15, 0.2) is 54.6 Å². The molecule has 7 heteroatoms. The van der Waals surface area contributed by atoms with Crippen LogP contribution in [0.25, 0.3) is 0 Å². The van der Waals surface area contributed by atoms with Crippen LogP contribution in [-0.4, -0.2) is 28.1 Å². The smallest absolute Gasteiger partial charge is 0.229 e. The highest BCUT2D eigenvalue weighted by atomic mass is 32.2. The van der Waals surface area contributed by atoms with Gasteiger partial charge in [-0.2, -0.15) is 0 Å². The van der Waals surface area contributed by atoms with Gasteiger partial charge in [0.25, 0.3) is 0 Å². The number of benzene rings is 2. The third kappa shape index (κ3) is 5.31. The molecule has 0 heterocycles. The summed E-state index contributed by atoms with van der Waals surface area (Å²) < 4.78 is 39.1. The first-order valence-corrected chi connectivity index (χ1v) is 9.56. The number of anilines is 3. The van der Waals surface area contributed by atoms with Gasteiger partial charge in [0, 0.05) is 13.1 Å². The molecule has 0 aliphatic heterocycles. The zero-order valence-corrected chi connectivity index (χ0v) is 15.8. The minimum absolute atomic E-state index is 0.00338. The normalized spacial score (nSPS) is 11.2. The number of hydrogen-bond acceptors (Lipinski definition) is 4. The molecular weight excluding hydrogens is 353 g/mol. The van der Waals surface area contributed by atoms with E-state index in [9.17, 15) is 12.8 Å². The lowest BCUT2D eigenvalue weighted by molar-refractivity contribution is 0.608. The van der Waals surface area contributed by atoms with E-state index in [1.165, 1.54) is 12.1 Å². The summed E-state index contributed by atoms with van der Waals surface area (Å²) in [5.74, 6) is -0.579. The molecule has 2 rings (SSSR count). The van der Waals surface area contributed by atoms with Gasteiger partial charge < -0.3 is 10.6 Å². The Bertz CT molecular complexity index is 829. The highest BCUT2D eigenvalue weighted by Crippen LogP contribution is 2.34. The van der Waals surface area contributed by atoms with Gasteiger partial charge in [-0.1, -0.05) is 37.3 Å². The molecule has 0 amide bonds. The zero-order chi connectivity index (χ0) is 18.9. The van der Waals surface area contributed by atoms with E-state index in [4.69, 9.17) is 0 Å². The van der Waals surface area contributed by atoms with Gasteiger partial charge in [0.05, 0.1) is 17.1 Å². The third-order valence-corrected chi connectivity index (χ3v) is 4.47. The van der Waals surface area contributed by atoms with Crippen molar-refractivity contribution in [3.63, 3.8) is 0 Å². The van der Waals surface area contributed by atoms with Crippen LogP contribution in [0.4, 0.5) is 21.5 Å². The summed E-state index contributed by atoms with van der Waals surface area (Å²) in [4.78, 5) is 0. The molecule has 0 aliphatic rings. The standard InChI is InChI=1S/C19H24FN3O2S/c1-3-21-12-6-7-13-22-17-8-4-5-9-19(17)23(26(24)25)18-11-10-15(2)14-16(18)20/h4-11,14,21-22,26H,3,12-13H2,1-2H3/b7-6-. The average Bonchev–Trinajstić information content (AvgIpc) is 2.61. The molecule has 2 aromatic carbocycles. The summed E-state index contributed by atoms with van der Waals surface area (Å²) in [5, 5.41) is 6.36. The lowest BCUT2D eigenvalue weighted by Crippen LogP contribution is -2.18. The Labute approximate surface area is 155 Å². The molecule has 5 nitrogen and oxygen atoms in total. The number of nitrogens with zero attached hydrogens (tertiary/aromatic N) is 1. The molecule has 0 saturated heterocycles. The third-order valence-electron chi connectivity index (χ3n) is 3.72. The molecule has 0 spiro atoms. The lowest BCUT2D eigenvalue weighted by Gasteiger charge is -2.22. The van der Waals surface area contributed by atoms with Crippen molar-refractivity contribution in [2.45, 2.75) is 13.8 Å². The number of para-hydroxylation sites is 2. The predicted molar refractivity (Wildman–Crippen MR) is 106 cm³/mol. The van der Waals surface area contributed by atoms with Gasteiger partial charge >= 0.3 is 0 Å². The van der Waals surface area contributed by atoms with Crippen LogP contribution in [0.2, 0.25) is 0 Å². The molecule has 26 heavy (non-hydrogen) atoms. The molecule has 2 aromatic rings. The lowest BCUT2D eigenvalue weighted by atomic mass is 10.2. The Morgan fingerprint density at radius 3 is 2.50 bits per heavy atom. The Morgan fingerprint density at radius 2 is 1.81 bits per heavy atom. The quantitative estimate of drug-likeness (QED) is 0.356. The Morgan fingerprint density at radius 1 is 1.08 bits per heavy atom. The van der Waals surface area contributed by atoms with Crippen LogP contribution >= 0.6 is 0 Å². The van der Waals surface area contributed by atoms with Gasteiger partial charge in [-0.25, -0.2) is 17.1 Å². The van der Waals surface area contributed by atoms with Gasteiger partial charge in [-0.3, -0.25) is 0 Å². The van der Waals surface area contributed by atoms with E-state index in [2.05, 4.69) is 10.6 Å². The first-order chi connectivity index (χ1) is 12.5. The van der Waals surface area contributed by atoms with E-state index in [1.807, 2.05) is 19.1 Å². The number of aryl methyl sites for hydroxylation is 1. The van der Waals surface area contributed by atoms with Crippen LogP contribution in [0, 0.1) is 12.7 Å². The Kier molecular flexibility index (Phi) is 7.62. The largest absolute Gasteiger partial charge is 0.380 e. The van der Waals surface area contributed by atoms with Crippen LogP contribution in [0.3, 0.4) is 0 Å². The Balaban J connectivity index is 2.28. The van der Waals surface area contributed by atoms with Crippen molar-refractivity contribution in [1.29, 1.82) is 0 Å². The molecule has 0 saturated carbocycles. The molecule has 2 N–H and O–H groups in total. The van der Waals surface area contributed by atoms with Crippen molar-refractivity contribution in [1.82, 2.24) is 5.32 Å². The summed E-state index contributed by atoms with van der Waals surface area (Å²) in [6.07, 6.45) is 3.94. The van der Waals surface area contributed by atoms with Crippen LogP contribution in [-0.2, 0) is 10.9 Å². The minimum Gasteiger partial charge on any atom is -0.380 e. The van der Waals surface area contributed by atoms with Crippen molar-refractivity contribution in [3.8, 4) is 0 Å². The summed E-state index contributed by atoms with van der Waals surface area (Å²) in [6.45, 7) is 5.98. The van der Waals surface area contributed by atoms with Crippen LogP contribution < -0.4 is 14.9 Å². The molecule has 0 aliphatic carbocycles. The molecule has 0 fully saturated rings. The fourth-order valence-corrected chi connectivity index (χ4v) is 3.15. The van der Waals surface area contributed by atoms with E-state index in [0.29, 0.717) is 17.9 Å². The average molecular weight is 377 g/mol. The van der Waals surface area contributed by atoms with E-state index in [1.54, 1.807) is 37.3 Å². The van der Waals surface area contributed by atoms with E-state index >= 15 is 0 Å². The zero-order valence-electron chi connectivity index (χ0n) is 14.9. The SMILES string of the molecule is CCNC/C=C\CNc1ccccc1N(c1ccc(C)cc1F)[SH](=O)=O. The number of rotatable bonds is 9. The highest BCUT2D eigenvalue weighted by Gasteiger charge is 2.18. The van der Waals surface area contributed by atoms with E-state index in [0.717, 1.165) is 23.0 Å². The van der Waals surface area contributed by atoms with Crippen molar-refractivity contribution in [2.24, 2.45) is 0 Å². The fraction of sp³-hybridized carbons (Fsp3) is 0.263. The van der Waals surface area contributed by atoms with Crippen LogP contribution in [0.1, 0.15) is 12.5 Å². The van der Waals surface area contributed by atoms with Gasteiger partial charge in [0.2, 0.25) is 10.9 Å². The summed E-state index contributed by atoms with van der Waals surface area (Å²) in [6, 6.07) is 11.4. The second-order valence-electron chi connectivity index (χ2n) is 5.68. The molecule has 0 unspecified atom stereocenters. The van der Waals surface area contributed by atoms with Gasteiger partial charge in [0.15, 0.2) is 0 Å². The van der Waals surface area contributed by atoms with Gasteiger partial charge in [-0.15, -0.1) is 0 Å². The van der Waals surface area contributed by atoms with Gasteiger partial charge in [-0.05, 0) is 43.3 Å². The minimum atomic E-state index is -3.06. The summed E-state index contributed by atoms with van der Waals surface area (Å²) >= 11 is 0. The van der Waals surface area contributed by atoms with Crippen LogP contribution in [0.5, 0.6) is 0 Å². The maximum absolute atomic E-state index is 14.4. The molecule has 0 aromatic heterocycles. The van der Waals surface area contributed by atoms with Crippen molar-refractivity contribution in [3.05, 3.63) is 66.0 Å². The number of hydrogen-bond donors (Lipinski definition) is 3. The number of halogens is 1. The predicted octanol–water partition coefficient (Wildman–Crippen LogP) is 3.38. The second-order valence-corrected chi connectivity index (χ2v) is 6.56. The number of thiol groups is 1.